The Morgan fingerprint density at radius 1 is 1.13 bits per heavy atom. The molecule has 7 heteroatoms. The third-order valence-electron chi connectivity index (χ3n) is 6.62. The molecule has 2 aromatic heterocycles. The Kier molecular flexibility index (Phi) is 5.21. The predicted molar refractivity (Wildman–Crippen MR) is 119 cm³/mol. The van der Waals surface area contributed by atoms with E-state index in [2.05, 4.69) is 76.1 Å². The third-order valence-corrected chi connectivity index (χ3v) is 7.54. The number of aromatic amines is 1. The average molecular weight is 423 g/mol. The fourth-order valence-corrected chi connectivity index (χ4v) is 5.89. The number of H-pyrrole nitrogens is 1. The zero-order valence-electron chi connectivity index (χ0n) is 18.0. The summed E-state index contributed by atoms with van der Waals surface area (Å²) >= 11 is 1.77. The molecule has 0 bridgehead atoms. The number of hydrogen-bond donors (Lipinski definition) is 1. The minimum atomic E-state index is 0.251. The summed E-state index contributed by atoms with van der Waals surface area (Å²) in [6, 6.07) is 10.8. The Morgan fingerprint density at radius 3 is 2.57 bits per heavy atom. The lowest BCUT2D eigenvalue weighted by Gasteiger charge is -2.50. The van der Waals surface area contributed by atoms with E-state index in [1.807, 2.05) is 5.51 Å². The normalized spacial score (nSPS) is 21.5. The van der Waals surface area contributed by atoms with Gasteiger partial charge in [0.2, 0.25) is 0 Å². The summed E-state index contributed by atoms with van der Waals surface area (Å²) < 4.78 is 0. The first kappa shape index (κ1) is 19.8. The maximum Gasteiger partial charge on any atom is 0.153 e. The Bertz CT molecular complexity index is 988. The molecule has 2 aliphatic heterocycles. The van der Waals surface area contributed by atoms with Gasteiger partial charge in [-0.3, -0.25) is 14.9 Å². The molecule has 1 unspecified atom stereocenters. The maximum atomic E-state index is 4.91. The van der Waals surface area contributed by atoms with E-state index in [0.29, 0.717) is 11.8 Å². The first-order valence-electron chi connectivity index (χ1n) is 10.8. The van der Waals surface area contributed by atoms with Crippen molar-refractivity contribution < 1.29 is 0 Å². The van der Waals surface area contributed by atoms with E-state index < -0.39 is 0 Å². The number of nitrogens with zero attached hydrogens (tertiary/aromatic N) is 5. The molecule has 1 aromatic carbocycles. The van der Waals surface area contributed by atoms with Gasteiger partial charge in [0, 0.05) is 61.4 Å². The lowest BCUT2D eigenvalue weighted by atomic mass is 9.71. The van der Waals surface area contributed by atoms with Gasteiger partial charge < -0.3 is 0 Å². The van der Waals surface area contributed by atoms with E-state index in [1.165, 1.54) is 16.1 Å². The van der Waals surface area contributed by atoms with Crippen molar-refractivity contribution in [2.24, 2.45) is 5.41 Å². The highest BCUT2D eigenvalue weighted by atomic mass is 32.1. The fraction of sp³-hybridized carbons (Fsp3) is 0.522. The van der Waals surface area contributed by atoms with Crippen LogP contribution in [0.1, 0.15) is 53.5 Å². The van der Waals surface area contributed by atoms with Gasteiger partial charge >= 0.3 is 0 Å². The number of rotatable bonds is 6. The molecule has 0 aliphatic carbocycles. The standard InChI is InChI=1S/C23H30N6S/c1-16(2)21-25-22(27-26-21)19-10-28(9-18-7-5-4-6-8-18)12-23(19)13-29(14-23)11-20-17(3)24-15-30-20/h4-8,15-16,19H,9-14H2,1-3H3,(H,25,26,27). The smallest absolute Gasteiger partial charge is 0.153 e. The molecule has 1 N–H and O–H groups in total. The van der Waals surface area contributed by atoms with Crippen LogP contribution in [-0.4, -0.2) is 56.1 Å². The SMILES string of the molecule is Cc1ncsc1CN1CC2(CN(Cc3ccccc3)CC2c2nc(C(C)C)n[nH]2)C1. The highest BCUT2D eigenvalue weighted by Gasteiger charge is 2.55. The molecule has 4 heterocycles. The first-order valence-corrected chi connectivity index (χ1v) is 11.7. The summed E-state index contributed by atoms with van der Waals surface area (Å²) in [4.78, 5) is 15.9. The number of aromatic nitrogens is 4. The lowest BCUT2D eigenvalue weighted by Crippen LogP contribution is -2.59. The van der Waals surface area contributed by atoms with Crippen molar-refractivity contribution in [3.05, 3.63) is 63.6 Å². The van der Waals surface area contributed by atoms with Crippen molar-refractivity contribution >= 4 is 11.3 Å². The summed E-state index contributed by atoms with van der Waals surface area (Å²) in [5.41, 5.74) is 4.76. The highest BCUT2D eigenvalue weighted by molar-refractivity contribution is 7.09. The van der Waals surface area contributed by atoms with Crippen LogP contribution < -0.4 is 0 Å². The summed E-state index contributed by atoms with van der Waals surface area (Å²) in [5.74, 6) is 2.75. The quantitative estimate of drug-likeness (QED) is 0.655. The molecule has 1 spiro atoms. The third kappa shape index (κ3) is 3.70. The minimum Gasteiger partial charge on any atom is -0.298 e. The Balaban J connectivity index is 1.35. The number of thiazole rings is 1. The summed E-state index contributed by atoms with van der Waals surface area (Å²) in [6.07, 6.45) is 0. The van der Waals surface area contributed by atoms with Crippen molar-refractivity contribution in [3.63, 3.8) is 0 Å². The second kappa shape index (κ2) is 7.87. The van der Waals surface area contributed by atoms with Crippen LogP contribution in [0.15, 0.2) is 35.8 Å². The van der Waals surface area contributed by atoms with Gasteiger partial charge in [-0.2, -0.15) is 5.10 Å². The van der Waals surface area contributed by atoms with Crippen molar-refractivity contribution in [1.82, 2.24) is 30.0 Å². The second-order valence-electron chi connectivity index (χ2n) is 9.31. The largest absolute Gasteiger partial charge is 0.298 e. The van der Waals surface area contributed by atoms with E-state index in [0.717, 1.165) is 50.9 Å². The van der Waals surface area contributed by atoms with Crippen LogP contribution in [0, 0.1) is 12.3 Å². The van der Waals surface area contributed by atoms with Gasteiger partial charge in [0.05, 0.1) is 11.2 Å². The van der Waals surface area contributed by atoms with E-state index in [9.17, 15) is 0 Å². The molecular formula is C23H30N6S. The molecule has 5 rings (SSSR count). The number of hydrogen-bond acceptors (Lipinski definition) is 6. The lowest BCUT2D eigenvalue weighted by molar-refractivity contribution is -0.0105. The van der Waals surface area contributed by atoms with Gasteiger partial charge in [-0.25, -0.2) is 9.97 Å². The monoisotopic (exact) mass is 422 g/mol. The molecule has 0 saturated carbocycles. The Morgan fingerprint density at radius 2 is 1.90 bits per heavy atom. The molecule has 2 saturated heterocycles. The molecule has 6 nitrogen and oxygen atoms in total. The molecule has 2 fully saturated rings. The van der Waals surface area contributed by atoms with Gasteiger partial charge in [0.25, 0.3) is 0 Å². The topological polar surface area (TPSA) is 60.9 Å². The van der Waals surface area contributed by atoms with Crippen LogP contribution in [0.4, 0.5) is 0 Å². The molecular weight excluding hydrogens is 392 g/mol. The summed E-state index contributed by atoms with van der Waals surface area (Å²) in [7, 11) is 0. The number of benzene rings is 1. The van der Waals surface area contributed by atoms with E-state index in [4.69, 9.17) is 4.98 Å². The fourth-order valence-electron chi connectivity index (χ4n) is 5.07. The predicted octanol–water partition coefficient (Wildman–Crippen LogP) is 3.79. The van der Waals surface area contributed by atoms with E-state index in [-0.39, 0.29) is 5.41 Å². The van der Waals surface area contributed by atoms with Crippen LogP contribution in [0.25, 0.3) is 0 Å². The Labute approximate surface area is 182 Å². The zero-order valence-corrected chi connectivity index (χ0v) is 18.8. The van der Waals surface area contributed by atoms with Gasteiger partial charge in [-0.15, -0.1) is 11.3 Å². The Hall–Kier alpha value is -2.09. The van der Waals surface area contributed by atoms with Gasteiger partial charge in [-0.1, -0.05) is 44.2 Å². The molecule has 30 heavy (non-hydrogen) atoms. The maximum absolute atomic E-state index is 4.91. The van der Waals surface area contributed by atoms with Crippen LogP contribution in [-0.2, 0) is 13.1 Å². The molecule has 0 radical (unpaired) electrons. The molecule has 158 valence electrons. The van der Waals surface area contributed by atoms with Gasteiger partial charge in [-0.05, 0) is 12.5 Å². The van der Waals surface area contributed by atoms with Crippen molar-refractivity contribution in [2.75, 3.05) is 26.2 Å². The molecule has 0 amide bonds. The zero-order chi connectivity index (χ0) is 20.7. The van der Waals surface area contributed by atoms with Crippen LogP contribution >= 0.6 is 11.3 Å². The van der Waals surface area contributed by atoms with Crippen molar-refractivity contribution in [3.8, 4) is 0 Å². The second-order valence-corrected chi connectivity index (χ2v) is 10.2. The number of aryl methyl sites for hydroxylation is 1. The van der Waals surface area contributed by atoms with Crippen LogP contribution in [0.3, 0.4) is 0 Å². The van der Waals surface area contributed by atoms with Gasteiger partial charge in [0.1, 0.15) is 5.82 Å². The first-order chi connectivity index (χ1) is 14.5. The molecule has 3 aromatic rings. The number of likely N-dealkylation sites (tertiary alicyclic amines) is 2. The van der Waals surface area contributed by atoms with E-state index in [1.54, 1.807) is 11.3 Å². The minimum absolute atomic E-state index is 0.251. The average Bonchev–Trinajstić information content (AvgIpc) is 3.41. The van der Waals surface area contributed by atoms with Crippen LogP contribution in [0.5, 0.6) is 0 Å². The van der Waals surface area contributed by atoms with Crippen LogP contribution in [0.2, 0.25) is 0 Å². The van der Waals surface area contributed by atoms with Crippen molar-refractivity contribution in [1.29, 1.82) is 0 Å². The highest BCUT2D eigenvalue weighted by Crippen LogP contribution is 2.49. The summed E-state index contributed by atoms with van der Waals surface area (Å²) in [5, 5.41) is 7.80. The molecule has 2 aliphatic rings. The molecule has 1 atom stereocenters. The van der Waals surface area contributed by atoms with Gasteiger partial charge in [0.15, 0.2) is 5.82 Å². The van der Waals surface area contributed by atoms with E-state index >= 15 is 0 Å². The summed E-state index contributed by atoms with van der Waals surface area (Å²) in [6.45, 7) is 12.8. The number of nitrogens with one attached hydrogen (secondary N) is 1. The van der Waals surface area contributed by atoms with Crippen molar-refractivity contribution in [2.45, 2.75) is 45.7 Å².